The molecule has 0 saturated heterocycles. The first-order valence-corrected chi connectivity index (χ1v) is 20.1. The molecule has 8 aromatic carbocycles. The molecule has 0 N–H and O–H groups in total. The predicted molar refractivity (Wildman–Crippen MR) is 266 cm³/mol. The molecule has 0 unspecified atom stereocenters. The van der Waals surface area contributed by atoms with E-state index in [1.54, 1.807) is 0 Å². The number of para-hydroxylation sites is 8. The number of nitrogens with zero attached hydrogens (tertiary/aromatic N) is 6. The minimum Gasteiger partial charge on any atom is -0.308 e. The SMILES string of the molecule is [2H]c1c([2H])c([2H])c2c(c1[2H])c1c([2H])c([2H])c([2H])c3c1n2-c1nc2c4c5c(nc2c2c1B3c1c([2H])c([2H])c([2H])c3c6c([2H])c([2H])c([2H])c([2H])c6n-2c13)-n1c2c([2H])c([2H])c([2H])c([2H])c2c2c([2H])c([2H])c([2H])c(c21)B5c1c([2H])c([2H])c([2H])c2c3c([2H])c([2H])c([2H])c([2H])c3n-4c12. The number of benzene rings is 8. The Balaban J connectivity index is 1.24. The first-order chi connectivity index (χ1) is 43.5. The van der Waals surface area contributed by atoms with Gasteiger partial charge in [-0.2, -0.15) is 0 Å². The van der Waals surface area contributed by atoms with Crippen molar-refractivity contribution < 1.29 is 38.4 Å². The summed E-state index contributed by atoms with van der Waals surface area (Å²) in [4.78, 5) is 11.0. The summed E-state index contributed by atoms with van der Waals surface area (Å²) in [5.74, 6) is -0.722. The molecule has 0 saturated carbocycles. The van der Waals surface area contributed by atoms with Crippen molar-refractivity contribution >= 4 is 144 Å². The number of fused-ring (bicyclic) bond motifs is 23. The van der Waals surface area contributed by atoms with Crippen molar-refractivity contribution in [1.29, 1.82) is 0 Å². The van der Waals surface area contributed by atoms with Gasteiger partial charge in [-0.3, -0.25) is 9.13 Å². The van der Waals surface area contributed by atoms with Crippen molar-refractivity contribution in [3.05, 3.63) is 169 Å². The number of hydrogen-bond donors (Lipinski definition) is 0. The fraction of sp³-hybridized carbons (Fsp3) is 0. The lowest BCUT2D eigenvalue weighted by molar-refractivity contribution is 1.05. The summed E-state index contributed by atoms with van der Waals surface area (Å²) in [5.41, 5.74) is -5.01. The first-order valence-electron chi connectivity index (χ1n) is 34.1. The highest BCUT2D eigenvalue weighted by atomic mass is 15.2. The zero-order valence-electron chi connectivity index (χ0n) is 59.8. The molecule has 8 heteroatoms. The van der Waals surface area contributed by atoms with Gasteiger partial charge in [-0.25, -0.2) is 9.97 Å². The van der Waals surface area contributed by atoms with E-state index in [0.29, 0.717) is 0 Å². The fourth-order valence-electron chi connectivity index (χ4n) is 11.5. The second-order valence-electron chi connectivity index (χ2n) is 16.2. The van der Waals surface area contributed by atoms with Gasteiger partial charge in [0.15, 0.2) is 0 Å². The average Bonchev–Trinajstić information content (AvgIpc) is 1.39. The van der Waals surface area contributed by atoms with E-state index in [0.717, 1.165) is 0 Å². The van der Waals surface area contributed by atoms with Crippen molar-refractivity contribution in [3.63, 3.8) is 0 Å². The van der Waals surface area contributed by atoms with Crippen LogP contribution in [0.4, 0.5) is 0 Å². The van der Waals surface area contributed by atoms with E-state index in [-0.39, 0.29) is 143 Å². The van der Waals surface area contributed by atoms with Crippen molar-refractivity contribution in [1.82, 2.24) is 28.2 Å². The average molecular weight is 835 g/mol. The minimum absolute atomic E-state index is 0.176. The van der Waals surface area contributed by atoms with Crippen LogP contribution in [0.5, 0.6) is 0 Å². The van der Waals surface area contributed by atoms with Crippen LogP contribution in [0.1, 0.15) is 38.4 Å². The fourth-order valence-corrected chi connectivity index (χ4v) is 11.5. The van der Waals surface area contributed by atoms with Crippen LogP contribution in [-0.2, 0) is 0 Å². The Labute approximate surface area is 403 Å². The molecular weight excluding hydrogens is 778 g/mol. The summed E-state index contributed by atoms with van der Waals surface area (Å²) in [5, 5.41) is -2.53. The topological polar surface area (TPSA) is 45.5 Å². The Kier molecular flexibility index (Phi) is 2.64. The number of pyridine rings is 2. The summed E-state index contributed by atoms with van der Waals surface area (Å²) < 4.78 is 271. The zero-order valence-corrected chi connectivity index (χ0v) is 31.8. The lowest BCUT2D eigenvalue weighted by atomic mass is 9.34. The van der Waals surface area contributed by atoms with Crippen LogP contribution in [0, 0.1) is 0 Å². The largest absolute Gasteiger partial charge is 0.308 e. The Morgan fingerprint density at radius 1 is 0.312 bits per heavy atom. The van der Waals surface area contributed by atoms with Gasteiger partial charge in [0.05, 0.1) is 82.9 Å². The van der Waals surface area contributed by atoms with Crippen molar-refractivity contribution in [3.8, 4) is 23.0 Å². The standard InChI is InChI=1S/C56H28B2N6/c1-5-25-41-29(13-1)33-17-9-21-37-49(33)61(41)53-45-55(63-43-27-7-3-15-31(43)35-19-11-23-39(51(35)63)57(37)45)60-48-47(53)59-56-46-54(48)62-42-26-6-2-14-30(42)34-18-10-22-38(50(34)62)58(46)40-24-12-20-36-32-16-4-8-28-44(32)64(56)52(36)40/h1-28H/i1D,2D,3D,4D,5D,6D,7D,8D,9D,10D,11D,12D,13D,14D,15D,16D,17D,18D,19D,20D,21D,22D,23D,24D,25D,26D,27D,28D. The Morgan fingerprint density at radius 3 is 0.938 bits per heavy atom. The second-order valence-corrected chi connectivity index (χ2v) is 16.2. The number of hydrogen-bond acceptors (Lipinski definition) is 2. The van der Waals surface area contributed by atoms with Gasteiger partial charge in [0.2, 0.25) is 0 Å². The van der Waals surface area contributed by atoms with E-state index in [1.807, 2.05) is 0 Å². The monoisotopic (exact) mass is 834 g/mol. The maximum Gasteiger partial charge on any atom is 0.254 e. The van der Waals surface area contributed by atoms with E-state index in [1.165, 1.54) is 18.3 Å². The molecule has 0 atom stereocenters. The summed E-state index contributed by atoms with van der Waals surface area (Å²) in [6.45, 7) is -3.40. The van der Waals surface area contributed by atoms with Gasteiger partial charge >= 0.3 is 0 Å². The normalized spacial score (nSPS) is 20.0. The first kappa shape index (κ1) is 16.4. The van der Waals surface area contributed by atoms with Crippen molar-refractivity contribution in [2.24, 2.45) is 0 Å². The van der Waals surface area contributed by atoms with Crippen LogP contribution in [0.25, 0.3) is 121 Å². The molecule has 6 aromatic heterocycles. The van der Waals surface area contributed by atoms with Crippen LogP contribution >= 0.6 is 0 Å². The predicted octanol–water partition coefficient (Wildman–Crippen LogP) is 8.30. The third-order valence-corrected chi connectivity index (χ3v) is 13.7. The third-order valence-electron chi connectivity index (χ3n) is 13.7. The van der Waals surface area contributed by atoms with Crippen molar-refractivity contribution in [2.75, 3.05) is 0 Å². The molecule has 4 aliphatic heterocycles. The molecule has 0 bridgehead atoms. The molecule has 6 nitrogen and oxygen atoms in total. The molecule has 18 rings (SSSR count). The molecule has 0 spiro atoms. The van der Waals surface area contributed by atoms with Gasteiger partial charge < -0.3 is 9.13 Å². The molecule has 14 aromatic rings. The third kappa shape index (κ3) is 3.20. The van der Waals surface area contributed by atoms with Gasteiger partial charge in [-0.15, -0.1) is 0 Å². The number of aromatic nitrogens is 6. The van der Waals surface area contributed by atoms with Gasteiger partial charge in [0.1, 0.15) is 22.7 Å². The van der Waals surface area contributed by atoms with Gasteiger partial charge in [0.25, 0.3) is 13.4 Å². The van der Waals surface area contributed by atoms with Gasteiger partial charge in [0, 0.05) is 54.1 Å². The van der Waals surface area contributed by atoms with Crippen LogP contribution in [0.2, 0.25) is 0 Å². The van der Waals surface area contributed by atoms with Gasteiger partial charge in [-0.1, -0.05) is 145 Å². The highest BCUT2D eigenvalue weighted by Gasteiger charge is 2.47. The molecule has 288 valence electrons. The molecule has 64 heavy (non-hydrogen) atoms. The summed E-state index contributed by atoms with van der Waals surface area (Å²) in [6.07, 6.45) is 0. The van der Waals surface area contributed by atoms with E-state index in [9.17, 15) is 30.2 Å². The Morgan fingerprint density at radius 2 is 0.594 bits per heavy atom. The summed E-state index contributed by atoms with van der Waals surface area (Å²) >= 11 is 0. The molecule has 0 amide bonds. The molecule has 0 aliphatic carbocycles. The number of rotatable bonds is 0. The van der Waals surface area contributed by atoms with Crippen LogP contribution in [-0.4, -0.2) is 41.7 Å². The quantitative estimate of drug-likeness (QED) is 0.145. The summed E-state index contributed by atoms with van der Waals surface area (Å²) in [7, 11) is 0. The van der Waals surface area contributed by atoms with Crippen LogP contribution in [0.3, 0.4) is 0 Å². The zero-order chi connectivity index (χ0) is 65.2. The van der Waals surface area contributed by atoms with Crippen LogP contribution < -0.4 is 32.8 Å². The molecule has 0 radical (unpaired) electrons. The Bertz CT molecular complexity index is 5950. The molecular formula is C56H28B2N6. The minimum atomic E-state index is -1.70. The highest BCUT2D eigenvalue weighted by molar-refractivity contribution is 7.01. The molecule has 0 fully saturated rings. The Hall–Kier alpha value is -8.35. The molecule has 10 heterocycles. The lowest BCUT2D eigenvalue weighted by Crippen LogP contribution is -2.61. The highest BCUT2D eigenvalue weighted by Crippen LogP contribution is 2.44. The van der Waals surface area contributed by atoms with Gasteiger partial charge in [-0.05, 0) is 56.9 Å². The van der Waals surface area contributed by atoms with Crippen LogP contribution in [0.15, 0.2) is 169 Å². The van der Waals surface area contributed by atoms with E-state index in [2.05, 4.69) is 0 Å². The second kappa shape index (κ2) is 10.3. The smallest absolute Gasteiger partial charge is 0.254 e. The lowest BCUT2D eigenvalue weighted by Gasteiger charge is -2.36. The van der Waals surface area contributed by atoms with E-state index < -0.39 is 194 Å². The maximum absolute atomic E-state index is 9.96. The molecule has 4 aliphatic rings. The van der Waals surface area contributed by atoms with E-state index in [4.69, 9.17) is 18.2 Å². The summed E-state index contributed by atoms with van der Waals surface area (Å²) in [6, 6.07) is -20.5. The van der Waals surface area contributed by atoms with E-state index >= 15 is 0 Å². The maximum atomic E-state index is 9.96. The van der Waals surface area contributed by atoms with Crippen molar-refractivity contribution in [2.45, 2.75) is 0 Å².